The Morgan fingerprint density at radius 3 is 3.11 bits per heavy atom. The van der Waals surface area contributed by atoms with Crippen LogP contribution in [-0.4, -0.2) is 41.7 Å². The molecule has 1 amide bonds. The summed E-state index contributed by atoms with van der Waals surface area (Å²) in [7, 11) is 0. The van der Waals surface area contributed by atoms with Crippen LogP contribution in [0.5, 0.6) is 0 Å². The first-order valence-electron chi connectivity index (χ1n) is 7.01. The number of amides is 1. The number of thioether (sulfide) groups is 1. The second kappa shape index (κ2) is 5.55. The van der Waals surface area contributed by atoms with Gasteiger partial charge in [-0.05, 0) is 37.9 Å². The number of nitrogens with one attached hydrogen (secondary N) is 1. The van der Waals surface area contributed by atoms with Gasteiger partial charge < -0.3 is 10.2 Å². The van der Waals surface area contributed by atoms with E-state index < -0.39 is 0 Å². The zero-order valence-corrected chi connectivity index (χ0v) is 12.1. The van der Waals surface area contributed by atoms with Crippen LogP contribution in [0.1, 0.15) is 18.9 Å². The molecule has 0 aliphatic carbocycles. The Morgan fingerprint density at radius 2 is 2.26 bits per heavy atom. The molecule has 2 aliphatic heterocycles. The molecule has 0 saturated carbocycles. The smallest absolute Gasteiger partial charge is 0.239 e. The minimum atomic E-state index is -0.0312. The van der Waals surface area contributed by atoms with Crippen LogP contribution in [0.4, 0.5) is 0 Å². The third-order valence-corrected chi connectivity index (χ3v) is 5.18. The number of benzene rings is 1. The first-order valence-corrected chi connectivity index (χ1v) is 7.89. The summed E-state index contributed by atoms with van der Waals surface area (Å²) in [5.74, 6) is 0.258. The van der Waals surface area contributed by atoms with Crippen LogP contribution >= 0.6 is 11.8 Å². The van der Waals surface area contributed by atoms with Crippen molar-refractivity contribution < 1.29 is 4.79 Å². The maximum absolute atomic E-state index is 12.3. The van der Waals surface area contributed by atoms with Gasteiger partial charge in [0.05, 0.1) is 6.04 Å². The summed E-state index contributed by atoms with van der Waals surface area (Å²) >= 11 is 1.93. The molecule has 102 valence electrons. The minimum absolute atomic E-state index is 0.0312. The summed E-state index contributed by atoms with van der Waals surface area (Å²) in [4.78, 5) is 15.7. The summed E-state index contributed by atoms with van der Waals surface area (Å²) in [6, 6.07) is 8.56. The molecule has 1 aromatic rings. The van der Waals surface area contributed by atoms with Crippen molar-refractivity contribution in [1.29, 1.82) is 0 Å². The number of hydrogen-bond acceptors (Lipinski definition) is 3. The maximum Gasteiger partial charge on any atom is 0.239 e. The Morgan fingerprint density at radius 1 is 1.42 bits per heavy atom. The number of nitrogens with zero attached hydrogens (tertiary/aromatic N) is 1. The van der Waals surface area contributed by atoms with Crippen LogP contribution in [0.2, 0.25) is 0 Å². The minimum Gasteiger partial charge on any atom is -0.340 e. The number of rotatable bonds is 2. The Balaban J connectivity index is 1.65. The molecule has 19 heavy (non-hydrogen) atoms. The van der Waals surface area contributed by atoms with Crippen molar-refractivity contribution in [3.8, 4) is 0 Å². The molecular formula is C15H20N2OS. The third-order valence-electron chi connectivity index (χ3n) is 3.88. The molecule has 3 nitrogen and oxygen atoms in total. The first-order chi connectivity index (χ1) is 9.24. The number of carbonyl (C=O) groups excluding carboxylic acids is 1. The Bertz CT molecular complexity index is 452. The van der Waals surface area contributed by atoms with Gasteiger partial charge in [-0.25, -0.2) is 0 Å². The molecule has 0 radical (unpaired) electrons. The molecule has 0 bridgehead atoms. The van der Waals surface area contributed by atoms with Crippen LogP contribution in [0, 0.1) is 0 Å². The highest BCUT2D eigenvalue weighted by molar-refractivity contribution is 8.00. The fraction of sp³-hybridized carbons (Fsp3) is 0.533. The van der Waals surface area contributed by atoms with E-state index in [1.807, 2.05) is 23.6 Å². The van der Waals surface area contributed by atoms with Crippen LogP contribution in [-0.2, 0) is 11.2 Å². The molecule has 1 saturated heterocycles. The molecule has 2 heterocycles. The van der Waals surface area contributed by atoms with Crippen molar-refractivity contribution in [2.45, 2.75) is 36.0 Å². The second-order valence-corrected chi connectivity index (χ2v) is 6.71. The molecule has 4 heteroatoms. The normalized spacial score (nSPS) is 27.2. The third kappa shape index (κ3) is 2.79. The molecule has 2 aliphatic rings. The van der Waals surface area contributed by atoms with E-state index in [1.54, 1.807) is 0 Å². The lowest BCUT2D eigenvalue weighted by molar-refractivity contribution is -0.132. The molecule has 1 fully saturated rings. The van der Waals surface area contributed by atoms with Crippen molar-refractivity contribution in [2.24, 2.45) is 0 Å². The topological polar surface area (TPSA) is 32.3 Å². The second-order valence-electron chi connectivity index (χ2n) is 5.37. The van der Waals surface area contributed by atoms with Gasteiger partial charge in [-0.15, -0.1) is 11.8 Å². The molecule has 0 spiro atoms. The summed E-state index contributed by atoms with van der Waals surface area (Å²) in [5.41, 5.74) is 1.44. The predicted molar refractivity (Wildman–Crippen MR) is 78.5 cm³/mol. The van der Waals surface area contributed by atoms with Gasteiger partial charge in [0, 0.05) is 23.2 Å². The van der Waals surface area contributed by atoms with Crippen molar-refractivity contribution in [2.75, 3.05) is 19.6 Å². The molecule has 2 atom stereocenters. The van der Waals surface area contributed by atoms with Gasteiger partial charge in [-0.3, -0.25) is 4.79 Å². The highest BCUT2D eigenvalue weighted by Crippen LogP contribution is 2.37. The summed E-state index contributed by atoms with van der Waals surface area (Å²) in [6.45, 7) is 4.69. The van der Waals surface area contributed by atoms with E-state index in [9.17, 15) is 4.79 Å². The average molecular weight is 276 g/mol. The van der Waals surface area contributed by atoms with Gasteiger partial charge >= 0.3 is 0 Å². The average Bonchev–Trinajstić information content (AvgIpc) is 2.76. The first kappa shape index (κ1) is 13.0. The fourth-order valence-electron chi connectivity index (χ4n) is 2.84. The molecular weight excluding hydrogens is 256 g/mol. The number of carbonyl (C=O) groups is 1. The Hall–Kier alpha value is -1.00. The molecule has 1 N–H and O–H groups in total. The van der Waals surface area contributed by atoms with Crippen LogP contribution in [0.3, 0.4) is 0 Å². The number of hydrogen-bond donors (Lipinski definition) is 1. The van der Waals surface area contributed by atoms with Crippen molar-refractivity contribution in [1.82, 2.24) is 10.2 Å². The van der Waals surface area contributed by atoms with E-state index in [-0.39, 0.29) is 11.9 Å². The molecule has 1 aromatic carbocycles. The Labute approximate surface area is 118 Å². The van der Waals surface area contributed by atoms with E-state index in [0.29, 0.717) is 5.25 Å². The van der Waals surface area contributed by atoms with Gasteiger partial charge in [0.2, 0.25) is 5.91 Å². The van der Waals surface area contributed by atoms with Crippen molar-refractivity contribution in [3.63, 3.8) is 0 Å². The Kier molecular flexibility index (Phi) is 3.80. The molecule has 0 aromatic heterocycles. The zero-order valence-electron chi connectivity index (χ0n) is 11.3. The van der Waals surface area contributed by atoms with E-state index in [4.69, 9.17) is 0 Å². The lowest BCUT2D eigenvalue weighted by Crippen LogP contribution is -2.44. The standard InChI is InChI=1S/C15H20N2OS/c1-11-15(18)17(8-4-7-16-11)10-13-9-12-5-2-3-6-14(12)19-13/h2-3,5-6,11,13,16H,4,7-10H2,1H3. The van der Waals surface area contributed by atoms with Crippen LogP contribution < -0.4 is 5.32 Å². The lowest BCUT2D eigenvalue weighted by Gasteiger charge is -2.25. The van der Waals surface area contributed by atoms with E-state index in [1.165, 1.54) is 10.5 Å². The van der Waals surface area contributed by atoms with Gasteiger partial charge in [0.1, 0.15) is 0 Å². The van der Waals surface area contributed by atoms with E-state index in [2.05, 4.69) is 29.6 Å². The van der Waals surface area contributed by atoms with Crippen LogP contribution in [0.15, 0.2) is 29.2 Å². The quantitative estimate of drug-likeness (QED) is 0.895. The molecule has 3 rings (SSSR count). The highest BCUT2D eigenvalue weighted by Gasteiger charge is 2.28. The van der Waals surface area contributed by atoms with E-state index >= 15 is 0 Å². The van der Waals surface area contributed by atoms with Crippen molar-refractivity contribution >= 4 is 17.7 Å². The monoisotopic (exact) mass is 276 g/mol. The lowest BCUT2D eigenvalue weighted by atomic mass is 10.1. The van der Waals surface area contributed by atoms with Gasteiger partial charge in [0.15, 0.2) is 0 Å². The number of fused-ring (bicyclic) bond motifs is 1. The predicted octanol–water partition coefficient (Wildman–Crippen LogP) is 1.91. The maximum atomic E-state index is 12.3. The van der Waals surface area contributed by atoms with Crippen LogP contribution in [0.25, 0.3) is 0 Å². The zero-order chi connectivity index (χ0) is 13.2. The van der Waals surface area contributed by atoms with Gasteiger partial charge in [-0.1, -0.05) is 18.2 Å². The SMILES string of the molecule is CC1NCCCN(CC2Cc3ccccc3S2)C1=O. The van der Waals surface area contributed by atoms with E-state index in [0.717, 1.165) is 32.5 Å². The summed E-state index contributed by atoms with van der Waals surface area (Å²) in [5, 5.41) is 3.79. The van der Waals surface area contributed by atoms with Crippen molar-refractivity contribution in [3.05, 3.63) is 29.8 Å². The fourth-order valence-corrected chi connectivity index (χ4v) is 4.18. The largest absolute Gasteiger partial charge is 0.340 e. The highest BCUT2D eigenvalue weighted by atomic mass is 32.2. The summed E-state index contributed by atoms with van der Waals surface area (Å²) in [6.07, 6.45) is 2.15. The molecule has 2 unspecified atom stereocenters. The van der Waals surface area contributed by atoms with Gasteiger partial charge in [0.25, 0.3) is 0 Å². The van der Waals surface area contributed by atoms with Gasteiger partial charge in [-0.2, -0.15) is 0 Å². The summed E-state index contributed by atoms with van der Waals surface area (Å²) < 4.78 is 0.